The average molecular weight is 466 g/mol. The normalized spacial score (nSPS) is 19.2. The van der Waals surface area contributed by atoms with E-state index in [-0.39, 0.29) is 18.9 Å². The van der Waals surface area contributed by atoms with E-state index in [2.05, 4.69) is 20.0 Å². The number of carbonyl (C=O) groups excluding carboxylic acids is 1. The number of nitrogens with zero attached hydrogens (tertiary/aromatic N) is 4. The molecule has 1 aliphatic rings. The molecule has 3 heterocycles. The zero-order valence-electron chi connectivity index (χ0n) is 17.7. The summed E-state index contributed by atoms with van der Waals surface area (Å²) in [5.74, 6) is 1.01. The van der Waals surface area contributed by atoms with Gasteiger partial charge in [-0.3, -0.25) is 4.57 Å². The minimum absolute atomic E-state index is 0.130. The van der Waals surface area contributed by atoms with E-state index in [1.165, 1.54) is 6.33 Å². The van der Waals surface area contributed by atoms with Crippen molar-refractivity contribution in [3.63, 3.8) is 0 Å². The van der Waals surface area contributed by atoms with E-state index in [1.54, 1.807) is 6.33 Å². The Morgan fingerprint density at radius 1 is 1.18 bits per heavy atom. The lowest BCUT2D eigenvalue weighted by Crippen LogP contribution is -2.20. The largest absolute Gasteiger partial charge is 0.436 e. The molecule has 0 radical (unpaired) electrons. The van der Waals surface area contributed by atoms with E-state index in [0.717, 1.165) is 29.9 Å². The zero-order chi connectivity index (χ0) is 22.6. The molecule has 3 N–H and O–H groups in total. The number of nitrogens with one attached hydrogen (secondary N) is 1. The number of imidazole rings is 1. The summed E-state index contributed by atoms with van der Waals surface area (Å²) in [6, 6.07) is 13.9. The first-order valence-corrected chi connectivity index (χ1v) is 11.7. The molecule has 1 fully saturated rings. The van der Waals surface area contributed by atoms with Crippen LogP contribution in [0, 0.1) is 0 Å². The molecular formula is C22H23N6O4P. The number of carbonyl (C=O) groups is 1. The van der Waals surface area contributed by atoms with Gasteiger partial charge < -0.3 is 24.3 Å². The number of nitrogen functional groups attached to an aromatic ring is 1. The number of nitrogens with two attached hydrogens (primary N) is 1. The van der Waals surface area contributed by atoms with Crippen LogP contribution in [0.3, 0.4) is 0 Å². The van der Waals surface area contributed by atoms with E-state index in [0.29, 0.717) is 29.3 Å². The van der Waals surface area contributed by atoms with Crippen molar-refractivity contribution in [2.45, 2.75) is 25.2 Å². The third-order valence-electron chi connectivity index (χ3n) is 5.37. The lowest BCUT2D eigenvalue weighted by Gasteiger charge is -2.20. The number of hydrogen-bond acceptors (Lipinski definition) is 9. The SMILES string of the molecule is Nc1ncnc2c1ncn2C1CCC(COP(NCC=O)Oc2ccc3ccccc3c2)O1. The van der Waals surface area contributed by atoms with Gasteiger partial charge in [-0.2, -0.15) is 0 Å². The highest BCUT2D eigenvalue weighted by Crippen LogP contribution is 2.38. The summed E-state index contributed by atoms with van der Waals surface area (Å²) in [4.78, 5) is 23.5. The zero-order valence-corrected chi connectivity index (χ0v) is 18.6. The lowest BCUT2D eigenvalue weighted by molar-refractivity contribution is -0.106. The van der Waals surface area contributed by atoms with Gasteiger partial charge in [0.15, 0.2) is 11.5 Å². The second-order valence-corrected chi connectivity index (χ2v) is 8.83. The van der Waals surface area contributed by atoms with Crippen molar-refractivity contribution in [3.05, 3.63) is 55.1 Å². The van der Waals surface area contributed by atoms with Crippen molar-refractivity contribution in [1.29, 1.82) is 0 Å². The van der Waals surface area contributed by atoms with Crippen molar-refractivity contribution in [3.8, 4) is 5.75 Å². The minimum Gasteiger partial charge on any atom is -0.436 e. The maximum absolute atomic E-state index is 10.9. The van der Waals surface area contributed by atoms with Gasteiger partial charge in [-0.05, 0) is 35.7 Å². The van der Waals surface area contributed by atoms with E-state index < -0.39 is 8.53 Å². The van der Waals surface area contributed by atoms with Crippen LogP contribution in [0.1, 0.15) is 19.1 Å². The highest BCUT2D eigenvalue weighted by molar-refractivity contribution is 7.45. The Bertz CT molecular complexity index is 1270. The van der Waals surface area contributed by atoms with E-state index >= 15 is 0 Å². The maximum Gasteiger partial charge on any atom is 0.318 e. The topological polar surface area (TPSA) is 126 Å². The summed E-state index contributed by atoms with van der Waals surface area (Å²) in [6.45, 7) is 0.459. The number of ether oxygens (including phenoxy) is 1. The van der Waals surface area contributed by atoms with Gasteiger partial charge in [0.1, 0.15) is 30.1 Å². The van der Waals surface area contributed by atoms with Crippen molar-refractivity contribution in [2.24, 2.45) is 0 Å². The number of anilines is 1. The number of aldehydes is 1. The van der Waals surface area contributed by atoms with Crippen molar-refractivity contribution in [2.75, 3.05) is 18.9 Å². The van der Waals surface area contributed by atoms with Gasteiger partial charge in [0, 0.05) is 0 Å². The summed E-state index contributed by atoms with van der Waals surface area (Å²) in [7, 11) is -1.52. The fourth-order valence-electron chi connectivity index (χ4n) is 3.78. The van der Waals surface area contributed by atoms with Crippen LogP contribution in [0.15, 0.2) is 55.1 Å². The van der Waals surface area contributed by atoms with E-state index in [4.69, 9.17) is 19.5 Å². The molecule has 170 valence electrons. The number of hydrogen-bond donors (Lipinski definition) is 2. The molecule has 3 atom stereocenters. The third-order valence-corrected chi connectivity index (χ3v) is 6.57. The molecule has 1 aliphatic heterocycles. The van der Waals surface area contributed by atoms with Gasteiger partial charge in [0.25, 0.3) is 0 Å². The van der Waals surface area contributed by atoms with Crippen LogP contribution in [0.2, 0.25) is 0 Å². The second-order valence-electron chi connectivity index (χ2n) is 7.56. The number of benzene rings is 2. The predicted molar refractivity (Wildman–Crippen MR) is 124 cm³/mol. The molecule has 0 bridgehead atoms. The fraction of sp³-hybridized carbons (Fsp3) is 0.273. The van der Waals surface area contributed by atoms with Gasteiger partial charge in [-0.15, -0.1) is 0 Å². The Balaban J connectivity index is 1.22. The molecular weight excluding hydrogens is 443 g/mol. The smallest absolute Gasteiger partial charge is 0.318 e. The molecule has 0 spiro atoms. The summed E-state index contributed by atoms with van der Waals surface area (Å²) in [6.07, 6.45) is 5.12. The molecule has 4 aromatic rings. The molecule has 33 heavy (non-hydrogen) atoms. The van der Waals surface area contributed by atoms with Gasteiger partial charge in [0.05, 0.1) is 25.6 Å². The first-order valence-electron chi connectivity index (χ1n) is 10.6. The van der Waals surface area contributed by atoms with Crippen molar-refractivity contribution < 1.29 is 18.6 Å². The van der Waals surface area contributed by atoms with Crippen LogP contribution in [0.25, 0.3) is 21.9 Å². The van der Waals surface area contributed by atoms with Crippen LogP contribution in [0.5, 0.6) is 5.75 Å². The number of fused-ring (bicyclic) bond motifs is 2. The molecule has 2 aromatic carbocycles. The van der Waals surface area contributed by atoms with Gasteiger partial charge >= 0.3 is 8.53 Å². The summed E-state index contributed by atoms with van der Waals surface area (Å²) < 4.78 is 20.1. The van der Waals surface area contributed by atoms with Gasteiger partial charge in [0.2, 0.25) is 0 Å². The highest BCUT2D eigenvalue weighted by Gasteiger charge is 2.29. The van der Waals surface area contributed by atoms with Gasteiger partial charge in [-0.25, -0.2) is 20.0 Å². The fourth-order valence-corrected chi connectivity index (χ4v) is 4.82. The number of aromatic nitrogens is 4. The molecule has 0 saturated carbocycles. The molecule has 0 amide bonds. The monoisotopic (exact) mass is 466 g/mol. The van der Waals surface area contributed by atoms with Crippen LogP contribution in [-0.2, 0) is 14.1 Å². The Kier molecular flexibility index (Phi) is 6.41. The summed E-state index contributed by atoms with van der Waals surface area (Å²) in [5, 5.41) is 5.20. The molecule has 10 nitrogen and oxygen atoms in total. The minimum atomic E-state index is -1.52. The van der Waals surface area contributed by atoms with Gasteiger partial charge in [-0.1, -0.05) is 30.3 Å². The molecule has 0 aliphatic carbocycles. The van der Waals surface area contributed by atoms with Crippen LogP contribution in [-0.4, -0.2) is 45.1 Å². The second kappa shape index (κ2) is 9.76. The van der Waals surface area contributed by atoms with Crippen molar-refractivity contribution in [1.82, 2.24) is 24.6 Å². The van der Waals surface area contributed by atoms with E-state index in [1.807, 2.05) is 47.0 Å². The van der Waals surface area contributed by atoms with Crippen molar-refractivity contribution >= 4 is 42.6 Å². The Morgan fingerprint density at radius 2 is 2.06 bits per heavy atom. The standard InChI is InChI=1S/C22H23N6O4P/c23-21-20-22(25-13-24-21)28(14-26-20)19-8-7-18(31-19)12-30-33(27-9-10-29)32-17-6-5-15-3-1-2-4-16(15)11-17/h1-6,10-11,13-14,18-19,27H,7-9,12H2,(H2,23,24,25). The summed E-state index contributed by atoms with van der Waals surface area (Å²) in [5.41, 5.74) is 7.08. The maximum atomic E-state index is 10.9. The summed E-state index contributed by atoms with van der Waals surface area (Å²) >= 11 is 0. The Labute approximate surface area is 191 Å². The first-order chi connectivity index (χ1) is 16.2. The lowest BCUT2D eigenvalue weighted by atomic mass is 10.1. The average Bonchev–Trinajstić information content (AvgIpc) is 3.48. The first kappa shape index (κ1) is 21.7. The van der Waals surface area contributed by atoms with Crippen LogP contribution >= 0.6 is 8.53 Å². The third kappa shape index (κ3) is 4.79. The Hall–Kier alpha value is -3.17. The highest BCUT2D eigenvalue weighted by atomic mass is 31.2. The van der Waals surface area contributed by atoms with Crippen LogP contribution in [0.4, 0.5) is 5.82 Å². The van der Waals surface area contributed by atoms with E-state index in [9.17, 15) is 4.79 Å². The quantitative estimate of drug-likeness (QED) is 0.282. The molecule has 2 aromatic heterocycles. The predicted octanol–water partition coefficient (Wildman–Crippen LogP) is 3.35. The Morgan fingerprint density at radius 3 is 2.94 bits per heavy atom. The molecule has 1 saturated heterocycles. The molecule has 3 unspecified atom stereocenters. The molecule has 5 rings (SSSR count). The molecule has 11 heteroatoms. The van der Waals surface area contributed by atoms with Crippen LogP contribution < -0.4 is 15.3 Å². The number of rotatable bonds is 9.